The summed E-state index contributed by atoms with van der Waals surface area (Å²) >= 11 is 0. The van der Waals surface area contributed by atoms with Crippen LogP contribution in [0.3, 0.4) is 0 Å². The highest BCUT2D eigenvalue weighted by atomic mass is 16.5. The summed E-state index contributed by atoms with van der Waals surface area (Å²) in [5.41, 5.74) is 3.60. The van der Waals surface area contributed by atoms with E-state index in [-0.39, 0.29) is 6.23 Å². The molecular formula is C18H20N2O2. The molecule has 1 N–H and O–H groups in total. The molecule has 4 rings (SSSR count). The molecule has 0 bridgehead atoms. The van der Waals surface area contributed by atoms with Crippen molar-refractivity contribution in [3.05, 3.63) is 48.0 Å². The van der Waals surface area contributed by atoms with E-state index in [0.717, 1.165) is 43.2 Å². The second-order valence-corrected chi connectivity index (χ2v) is 5.71. The van der Waals surface area contributed by atoms with Crippen LogP contribution in [0.4, 0.5) is 0 Å². The SMILES string of the molecule is COc1ccc2c(c1)-c1ccccc1C(N1CCNCC1)O2. The quantitative estimate of drug-likeness (QED) is 0.924. The molecule has 1 saturated heterocycles. The van der Waals surface area contributed by atoms with Crippen LogP contribution in [0.25, 0.3) is 11.1 Å². The molecule has 0 radical (unpaired) electrons. The lowest BCUT2D eigenvalue weighted by atomic mass is 9.94. The van der Waals surface area contributed by atoms with Crippen molar-refractivity contribution in [2.75, 3.05) is 33.3 Å². The molecule has 0 aliphatic carbocycles. The molecule has 0 aromatic heterocycles. The Balaban J connectivity index is 1.79. The minimum absolute atomic E-state index is 0.000745. The summed E-state index contributed by atoms with van der Waals surface area (Å²) in [5.74, 6) is 1.79. The van der Waals surface area contributed by atoms with E-state index in [9.17, 15) is 0 Å². The Bertz CT molecular complexity index is 681. The van der Waals surface area contributed by atoms with Gasteiger partial charge in [0.15, 0.2) is 6.23 Å². The summed E-state index contributed by atoms with van der Waals surface area (Å²) in [7, 11) is 1.70. The van der Waals surface area contributed by atoms with Crippen LogP contribution in [0.2, 0.25) is 0 Å². The molecule has 22 heavy (non-hydrogen) atoms. The molecule has 1 atom stereocenters. The van der Waals surface area contributed by atoms with E-state index in [0.29, 0.717) is 0 Å². The highest BCUT2D eigenvalue weighted by molar-refractivity contribution is 5.76. The van der Waals surface area contributed by atoms with Crippen molar-refractivity contribution >= 4 is 0 Å². The summed E-state index contributed by atoms with van der Waals surface area (Å²) in [6, 6.07) is 14.5. The highest BCUT2D eigenvalue weighted by Crippen LogP contribution is 2.44. The smallest absolute Gasteiger partial charge is 0.179 e. The third-order valence-electron chi connectivity index (χ3n) is 4.43. The molecule has 4 nitrogen and oxygen atoms in total. The maximum absolute atomic E-state index is 6.34. The van der Waals surface area contributed by atoms with Gasteiger partial charge in [-0.1, -0.05) is 24.3 Å². The standard InChI is InChI=1S/C18H20N2O2/c1-21-13-6-7-17-16(12-13)14-4-2-3-5-15(14)18(22-17)20-10-8-19-9-11-20/h2-7,12,18-19H,8-11H2,1H3. The maximum atomic E-state index is 6.34. The first kappa shape index (κ1) is 13.6. The van der Waals surface area contributed by atoms with Gasteiger partial charge in [-0.3, -0.25) is 4.90 Å². The topological polar surface area (TPSA) is 33.7 Å². The first-order valence-corrected chi connectivity index (χ1v) is 7.75. The summed E-state index contributed by atoms with van der Waals surface area (Å²) in [4.78, 5) is 2.41. The Kier molecular flexibility index (Phi) is 3.48. The number of benzene rings is 2. The molecule has 0 spiro atoms. The summed E-state index contributed by atoms with van der Waals surface area (Å²) in [5, 5.41) is 3.40. The molecule has 2 aromatic carbocycles. The fraction of sp³-hybridized carbons (Fsp3) is 0.333. The normalized spacial score (nSPS) is 20.7. The third-order valence-corrected chi connectivity index (χ3v) is 4.43. The van der Waals surface area contributed by atoms with Crippen molar-refractivity contribution in [2.45, 2.75) is 6.23 Å². The predicted molar refractivity (Wildman–Crippen MR) is 86.2 cm³/mol. The summed E-state index contributed by atoms with van der Waals surface area (Å²) < 4.78 is 11.7. The monoisotopic (exact) mass is 296 g/mol. The van der Waals surface area contributed by atoms with Gasteiger partial charge in [0.1, 0.15) is 11.5 Å². The molecule has 0 amide bonds. The molecule has 1 unspecified atom stereocenters. The minimum Gasteiger partial charge on any atom is -0.497 e. The van der Waals surface area contributed by atoms with Crippen LogP contribution in [0.1, 0.15) is 11.8 Å². The zero-order valence-corrected chi connectivity index (χ0v) is 12.7. The van der Waals surface area contributed by atoms with Crippen molar-refractivity contribution in [1.82, 2.24) is 10.2 Å². The van der Waals surface area contributed by atoms with Crippen molar-refractivity contribution in [3.63, 3.8) is 0 Å². The Labute approximate surface area is 130 Å². The van der Waals surface area contributed by atoms with Gasteiger partial charge in [-0.2, -0.15) is 0 Å². The van der Waals surface area contributed by atoms with Gasteiger partial charge in [0.25, 0.3) is 0 Å². The van der Waals surface area contributed by atoms with E-state index in [1.807, 2.05) is 12.1 Å². The summed E-state index contributed by atoms with van der Waals surface area (Å²) in [6.07, 6.45) is -0.000745. The maximum Gasteiger partial charge on any atom is 0.179 e. The first-order valence-electron chi connectivity index (χ1n) is 7.75. The van der Waals surface area contributed by atoms with E-state index in [1.165, 1.54) is 11.1 Å². The van der Waals surface area contributed by atoms with Crippen molar-refractivity contribution < 1.29 is 9.47 Å². The van der Waals surface area contributed by atoms with E-state index in [4.69, 9.17) is 9.47 Å². The number of nitrogens with zero attached hydrogens (tertiary/aromatic N) is 1. The molecule has 2 heterocycles. The minimum atomic E-state index is -0.000745. The second kappa shape index (κ2) is 5.63. The molecule has 0 saturated carbocycles. The molecule has 2 aromatic rings. The van der Waals surface area contributed by atoms with Gasteiger partial charge >= 0.3 is 0 Å². The first-order chi connectivity index (χ1) is 10.9. The molecular weight excluding hydrogens is 276 g/mol. The van der Waals surface area contributed by atoms with Crippen LogP contribution < -0.4 is 14.8 Å². The number of nitrogens with one attached hydrogen (secondary N) is 1. The predicted octanol–water partition coefficient (Wildman–Crippen LogP) is 2.66. The number of hydrogen-bond acceptors (Lipinski definition) is 4. The number of methoxy groups -OCH3 is 1. The van der Waals surface area contributed by atoms with Gasteiger partial charge in [-0.15, -0.1) is 0 Å². The Hall–Kier alpha value is -2.04. The Morgan fingerprint density at radius 3 is 2.73 bits per heavy atom. The largest absolute Gasteiger partial charge is 0.497 e. The van der Waals surface area contributed by atoms with Crippen LogP contribution in [0, 0.1) is 0 Å². The molecule has 2 aliphatic rings. The van der Waals surface area contributed by atoms with E-state index in [2.05, 4.69) is 40.5 Å². The second-order valence-electron chi connectivity index (χ2n) is 5.71. The average molecular weight is 296 g/mol. The number of fused-ring (bicyclic) bond motifs is 3. The molecule has 2 aliphatic heterocycles. The number of hydrogen-bond donors (Lipinski definition) is 1. The average Bonchev–Trinajstić information content (AvgIpc) is 2.61. The third kappa shape index (κ3) is 2.25. The number of piperazine rings is 1. The number of rotatable bonds is 2. The van der Waals surface area contributed by atoms with Crippen LogP contribution >= 0.6 is 0 Å². The summed E-state index contributed by atoms with van der Waals surface area (Å²) in [6.45, 7) is 4.03. The van der Waals surface area contributed by atoms with Gasteiger partial charge in [0, 0.05) is 37.3 Å². The van der Waals surface area contributed by atoms with Gasteiger partial charge in [0.2, 0.25) is 0 Å². The van der Waals surface area contributed by atoms with Gasteiger partial charge < -0.3 is 14.8 Å². The van der Waals surface area contributed by atoms with Crippen LogP contribution in [0.5, 0.6) is 11.5 Å². The van der Waals surface area contributed by atoms with Crippen LogP contribution in [0.15, 0.2) is 42.5 Å². The highest BCUT2D eigenvalue weighted by Gasteiger charge is 2.31. The fourth-order valence-electron chi connectivity index (χ4n) is 3.28. The van der Waals surface area contributed by atoms with Gasteiger partial charge in [-0.05, 0) is 23.8 Å². The van der Waals surface area contributed by atoms with E-state index in [1.54, 1.807) is 7.11 Å². The van der Waals surface area contributed by atoms with Crippen LogP contribution in [-0.4, -0.2) is 38.2 Å². The lowest BCUT2D eigenvalue weighted by Gasteiger charge is -2.38. The van der Waals surface area contributed by atoms with Crippen molar-refractivity contribution in [2.24, 2.45) is 0 Å². The van der Waals surface area contributed by atoms with Crippen molar-refractivity contribution in [1.29, 1.82) is 0 Å². The zero-order valence-electron chi connectivity index (χ0n) is 12.7. The van der Waals surface area contributed by atoms with Crippen molar-refractivity contribution in [3.8, 4) is 22.6 Å². The van der Waals surface area contributed by atoms with Gasteiger partial charge in [-0.25, -0.2) is 0 Å². The Morgan fingerprint density at radius 1 is 1.09 bits per heavy atom. The lowest BCUT2D eigenvalue weighted by Crippen LogP contribution is -2.47. The van der Waals surface area contributed by atoms with Gasteiger partial charge in [0.05, 0.1) is 7.11 Å². The number of ether oxygens (including phenoxy) is 2. The van der Waals surface area contributed by atoms with E-state index >= 15 is 0 Å². The van der Waals surface area contributed by atoms with E-state index < -0.39 is 0 Å². The lowest BCUT2D eigenvalue weighted by molar-refractivity contribution is 0.0134. The molecule has 1 fully saturated rings. The molecule has 114 valence electrons. The van der Waals surface area contributed by atoms with Crippen LogP contribution in [-0.2, 0) is 0 Å². The fourth-order valence-corrected chi connectivity index (χ4v) is 3.28. The zero-order chi connectivity index (χ0) is 14.9. The molecule has 4 heteroatoms. The Morgan fingerprint density at radius 2 is 1.91 bits per heavy atom.